The molecule has 1 aliphatic rings. The van der Waals surface area contributed by atoms with Crippen LogP contribution in [0.3, 0.4) is 0 Å². The van der Waals surface area contributed by atoms with Gasteiger partial charge in [-0.15, -0.1) is 0 Å². The first kappa shape index (κ1) is 18.0. The summed E-state index contributed by atoms with van der Waals surface area (Å²) in [7, 11) is 2.15. The van der Waals surface area contributed by atoms with Crippen LogP contribution in [0.4, 0.5) is 5.69 Å². The molecule has 1 saturated heterocycles. The lowest BCUT2D eigenvalue weighted by molar-refractivity contribution is 0.113. The lowest BCUT2D eigenvalue weighted by Crippen LogP contribution is -2.44. The van der Waals surface area contributed by atoms with Gasteiger partial charge in [-0.05, 0) is 37.1 Å². The highest BCUT2D eigenvalue weighted by molar-refractivity contribution is 5.54. The number of hydrogen-bond acceptors (Lipinski definition) is 5. The summed E-state index contributed by atoms with van der Waals surface area (Å²) < 4.78 is 5.68. The Bertz CT molecular complexity index is 485. The molecular formula is C18H31N3O2. The molecular weight excluding hydrogens is 290 g/mol. The molecule has 0 radical (unpaired) electrons. The summed E-state index contributed by atoms with van der Waals surface area (Å²) in [6, 6.07) is 5.62. The lowest BCUT2D eigenvalue weighted by atomic mass is 10.0. The molecule has 1 aromatic rings. The van der Waals surface area contributed by atoms with Crippen molar-refractivity contribution in [2.45, 2.75) is 26.4 Å². The van der Waals surface area contributed by atoms with Crippen molar-refractivity contribution in [2.24, 2.45) is 5.92 Å². The van der Waals surface area contributed by atoms with E-state index in [2.05, 4.69) is 30.7 Å². The molecule has 1 aliphatic heterocycles. The summed E-state index contributed by atoms with van der Waals surface area (Å²) in [6.07, 6.45) is 0.256. The van der Waals surface area contributed by atoms with Crippen LogP contribution in [0.5, 0.6) is 5.75 Å². The molecule has 0 spiro atoms. The van der Waals surface area contributed by atoms with E-state index in [1.807, 2.05) is 18.2 Å². The Morgan fingerprint density at radius 1 is 1.22 bits per heavy atom. The Balaban J connectivity index is 1.84. The van der Waals surface area contributed by atoms with Crippen LogP contribution in [0, 0.1) is 5.92 Å². The second-order valence-electron chi connectivity index (χ2n) is 6.95. The largest absolute Gasteiger partial charge is 0.491 e. The van der Waals surface area contributed by atoms with Gasteiger partial charge in [0.25, 0.3) is 0 Å². The van der Waals surface area contributed by atoms with Gasteiger partial charge < -0.3 is 25.4 Å². The van der Waals surface area contributed by atoms with Gasteiger partial charge in [0.05, 0.1) is 18.4 Å². The summed E-state index contributed by atoms with van der Waals surface area (Å²) in [4.78, 5) is 4.75. The average molecular weight is 321 g/mol. The second kappa shape index (κ2) is 8.52. The Kier molecular flexibility index (Phi) is 6.69. The zero-order valence-electron chi connectivity index (χ0n) is 14.7. The summed E-state index contributed by atoms with van der Waals surface area (Å²) >= 11 is 0. The third kappa shape index (κ3) is 5.68. The highest BCUT2D eigenvalue weighted by Gasteiger charge is 2.16. The van der Waals surface area contributed by atoms with Gasteiger partial charge >= 0.3 is 0 Å². The van der Waals surface area contributed by atoms with Crippen LogP contribution in [0.25, 0.3) is 0 Å². The minimum absolute atomic E-state index is 0.461. The van der Waals surface area contributed by atoms with Crippen LogP contribution >= 0.6 is 0 Å². The molecule has 5 nitrogen and oxygen atoms in total. The third-order valence-electron chi connectivity index (χ3n) is 4.31. The first-order chi connectivity index (χ1) is 11.0. The molecule has 130 valence electrons. The molecule has 5 heteroatoms. The molecule has 0 amide bonds. The molecule has 0 bridgehead atoms. The lowest BCUT2D eigenvalue weighted by Gasteiger charge is -2.32. The van der Waals surface area contributed by atoms with Gasteiger partial charge in [0.15, 0.2) is 0 Å². The normalized spacial score (nSPS) is 18.3. The van der Waals surface area contributed by atoms with Crippen molar-refractivity contribution in [3.63, 3.8) is 0 Å². The molecule has 0 saturated carbocycles. The van der Waals surface area contributed by atoms with Crippen LogP contribution < -0.4 is 10.5 Å². The van der Waals surface area contributed by atoms with E-state index < -0.39 is 6.10 Å². The number of rotatable bonds is 7. The maximum Gasteiger partial charge on any atom is 0.142 e. The Morgan fingerprint density at radius 3 is 2.52 bits per heavy atom. The van der Waals surface area contributed by atoms with Gasteiger partial charge in [0.1, 0.15) is 5.75 Å². The smallest absolute Gasteiger partial charge is 0.142 e. The van der Waals surface area contributed by atoms with Crippen molar-refractivity contribution in [2.75, 3.05) is 52.1 Å². The molecule has 1 heterocycles. The third-order valence-corrected chi connectivity index (χ3v) is 4.31. The maximum absolute atomic E-state index is 10.4. The highest BCUT2D eigenvalue weighted by Crippen LogP contribution is 2.27. The molecule has 0 aliphatic carbocycles. The fourth-order valence-electron chi connectivity index (χ4n) is 2.71. The maximum atomic E-state index is 10.4. The number of anilines is 1. The summed E-state index contributed by atoms with van der Waals surface area (Å²) in [5, 5.41) is 10.4. The molecule has 1 aromatic carbocycles. The minimum Gasteiger partial charge on any atom is -0.491 e. The van der Waals surface area contributed by atoms with E-state index in [0.717, 1.165) is 44.7 Å². The quantitative estimate of drug-likeness (QED) is 0.752. The van der Waals surface area contributed by atoms with Crippen molar-refractivity contribution in [1.82, 2.24) is 9.80 Å². The molecule has 1 atom stereocenters. The number of benzene rings is 1. The monoisotopic (exact) mass is 321 g/mol. The van der Waals surface area contributed by atoms with Crippen LogP contribution in [-0.2, 0) is 0 Å². The number of ether oxygens (including phenoxy) is 1. The molecule has 23 heavy (non-hydrogen) atoms. The van der Waals surface area contributed by atoms with Gasteiger partial charge in [-0.2, -0.15) is 0 Å². The minimum atomic E-state index is -0.476. The van der Waals surface area contributed by atoms with E-state index in [1.54, 1.807) is 0 Å². The average Bonchev–Trinajstić information content (AvgIpc) is 2.52. The van der Waals surface area contributed by atoms with Crippen LogP contribution in [0.15, 0.2) is 18.2 Å². The van der Waals surface area contributed by atoms with Crippen molar-refractivity contribution in [3.05, 3.63) is 23.8 Å². The zero-order chi connectivity index (χ0) is 16.8. The molecule has 0 aromatic heterocycles. The number of likely N-dealkylation sites (N-methyl/N-ethyl adjacent to an activating group) is 1. The SMILES string of the molecule is CC(C)COc1ccc(C(O)CCN2CCN(C)CC2)cc1N. The van der Waals surface area contributed by atoms with Crippen molar-refractivity contribution >= 4 is 5.69 Å². The molecule has 2 rings (SSSR count). The summed E-state index contributed by atoms with van der Waals surface area (Å²) in [5.74, 6) is 1.16. The van der Waals surface area contributed by atoms with E-state index in [4.69, 9.17) is 10.5 Å². The van der Waals surface area contributed by atoms with Crippen LogP contribution in [0.2, 0.25) is 0 Å². The van der Waals surface area contributed by atoms with Crippen LogP contribution in [-0.4, -0.2) is 61.3 Å². The van der Waals surface area contributed by atoms with E-state index in [1.165, 1.54) is 0 Å². The molecule has 1 unspecified atom stereocenters. The Hall–Kier alpha value is -1.30. The number of nitrogens with zero attached hydrogens (tertiary/aromatic N) is 2. The number of nitrogens with two attached hydrogens (primary N) is 1. The highest BCUT2D eigenvalue weighted by atomic mass is 16.5. The van der Waals surface area contributed by atoms with Gasteiger partial charge in [-0.1, -0.05) is 19.9 Å². The van der Waals surface area contributed by atoms with Gasteiger partial charge in [-0.3, -0.25) is 0 Å². The van der Waals surface area contributed by atoms with Crippen LogP contribution in [0.1, 0.15) is 31.9 Å². The van der Waals surface area contributed by atoms with E-state index in [-0.39, 0.29) is 0 Å². The van der Waals surface area contributed by atoms with Gasteiger partial charge in [0.2, 0.25) is 0 Å². The summed E-state index contributed by atoms with van der Waals surface area (Å²) in [5.41, 5.74) is 7.52. The molecule has 1 fully saturated rings. The summed E-state index contributed by atoms with van der Waals surface area (Å²) in [6.45, 7) is 10.1. The Morgan fingerprint density at radius 2 is 1.91 bits per heavy atom. The fraction of sp³-hybridized carbons (Fsp3) is 0.667. The topological polar surface area (TPSA) is 62.0 Å². The molecule has 3 N–H and O–H groups in total. The number of aliphatic hydroxyl groups excluding tert-OH is 1. The Labute approximate surface area is 140 Å². The van der Waals surface area contributed by atoms with Gasteiger partial charge in [0, 0.05) is 32.7 Å². The fourth-order valence-corrected chi connectivity index (χ4v) is 2.71. The number of piperazine rings is 1. The van der Waals surface area contributed by atoms with Crippen molar-refractivity contribution in [3.8, 4) is 5.75 Å². The number of hydrogen-bond donors (Lipinski definition) is 2. The van der Waals surface area contributed by atoms with Crippen molar-refractivity contribution < 1.29 is 9.84 Å². The first-order valence-corrected chi connectivity index (χ1v) is 8.57. The second-order valence-corrected chi connectivity index (χ2v) is 6.95. The predicted molar refractivity (Wildman–Crippen MR) is 94.7 cm³/mol. The van der Waals surface area contributed by atoms with E-state index in [9.17, 15) is 5.11 Å². The number of aliphatic hydroxyl groups is 1. The number of nitrogen functional groups attached to an aromatic ring is 1. The van der Waals surface area contributed by atoms with E-state index in [0.29, 0.717) is 24.0 Å². The zero-order valence-corrected chi connectivity index (χ0v) is 14.7. The van der Waals surface area contributed by atoms with Crippen molar-refractivity contribution in [1.29, 1.82) is 0 Å². The van der Waals surface area contributed by atoms with E-state index >= 15 is 0 Å². The standard InChI is InChI=1S/C18H31N3O2/c1-14(2)13-23-18-5-4-15(12-16(18)19)17(22)6-7-21-10-8-20(3)9-11-21/h4-5,12,14,17,22H,6-11,13,19H2,1-3H3. The van der Waals surface area contributed by atoms with Gasteiger partial charge in [-0.25, -0.2) is 0 Å². The predicted octanol–water partition coefficient (Wildman–Crippen LogP) is 1.97. The first-order valence-electron chi connectivity index (χ1n) is 8.57.